The molecule has 0 spiro atoms. The van der Waals surface area contributed by atoms with Crippen molar-refractivity contribution >= 4 is 38.9 Å². The zero-order valence-corrected chi connectivity index (χ0v) is 15.1. The molecule has 7 heteroatoms. The van der Waals surface area contributed by atoms with Crippen LogP contribution in [0, 0.1) is 0 Å². The van der Waals surface area contributed by atoms with E-state index in [-0.39, 0.29) is 22.0 Å². The van der Waals surface area contributed by atoms with Crippen molar-refractivity contribution in [2.75, 3.05) is 18.0 Å². The number of nitrogens with zero attached hydrogens (tertiary/aromatic N) is 2. The Labute approximate surface area is 151 Å². The van der Waals surface area contributed by atoms with Crippen LogP contribution < -0.4 is 4.90 Å². The van der Waals surface area contributed by atoms with E-state index in [1.54, 1.807) is 28.6 Å². The van der Waals surface area contributed by atoms with Crippen molar-refractivity contribution in [3.8, 4) is 0 Å². The Balaban J connectivity index is 1.58. The maximum atomic E-state index is 12.9. The van der Waals surface area contributed by atoms with Gasteiger partial charge in [0.15, 0.2) is 0 Å². The smallest absolute Gasteiger partial charge is 0.244 e. The summed E-state index contributed by atoms with van der Waals surface area (Å²) >= 11 is 12.0. The third kappa shape index (κ3) is 2.60. The molecule has 2 bridgehead atoms. The monoisotopic (exact) mass is 382 g/mol. The van der Waals surface area contributed by atoms with E-state index in [1.807, 2.05) is 24.3 Å². The van der Waals surface area contributed by atoms with Crippen LogP contribution in [0.25, 0.3) is 0 Å². The first-order valence-electron chi connectivity index (χ1n) is 7.75. The zero-order chi connectivity index (χ0) is 16.9. The normalized spacial score (nSPS) is 23.8. The Morgan fingerprint density at radius 1 is 0.917 bits per heavy atom. The van der Waals surface area contributed by atoms with Crippen LogP contribution in [0.2, 0.25) is 10.0 Å². The molecule has 2 atom stereocenters. The van der Waals surface area contributed by atoms with Crippen molar-refractivity contribution in [2.24, 2.45) is 0 Å². The van der Waals surface area contributed by atoms with E-state index < -0.39 is 10.0 Å². The van der Waals surface area contributed by atoms with Crippen LogP contribution in [0.1, 0.15) is 6.42 Å². The average Bonchev–Trinajstić information content (AvgIpc) is 3.16. The molecule has 0 amide bonds. The molecular weight excluding hydrogens is 367 g/mol. The van der Waals surface area contributed by atoms with Crippen LogP contribution in [0.15, 0.2) is 53.4 Å². The van der Waals surface area contributed by atoms with E-state index >= 15 is 0 Å². The van der Waals surface area contributed by atoms with Gasteiger partial charge < -0.3 is 4.90 Å². The number of piperazine rings is 1. The van der Waals surface area contributed by atoms with Crippen molar-refractivity contribution in [3.05, 3.63) is 58.6 Å². The highest BCUT2D eigenvalue weighted by Gasteiger charge is 2.48. The topological polar surface area (TPSA) is 40.6 Å². The molecule has 0 radical (unpaired) electrons. The highest BCUT2D eigenvalue weighted by atomic mass is 35.5. The first-order chi connectivity index (χ1) is 11.5. The molecule has 4 rings (SSSR count). The van der Waals surface area contributed by atoms with Crippen LogP contribution in [-0.4, -0.2) is 37.9 Å². The van der Waals surface area contributed by atoms with Crippen LogP contribution in [0.3, 0.4) is 0 Å². The quantitative estimate of drug-likeness (QED) is 0.813. The molecule has 0 aliphatic carbocycles. The van der Waals surface area contributed by atoms with Gasteiger partial charge in [-0.15, -0.1) is 0 Å². The first kappa shape index (κ1) is 16.2. The van der Waals surface area contributed by atoms with Crippen molar-refractivity contribution in [3.63, 3.8) is 0 Å². The summed E-state index contributed by atoms with van der Waals surface area (Å²) in [6.45, 7) is 1.18. The Morgan fingerprint density at radius 2 is 1.62 bits per heavy atom. The van der Waals surface area contributed by atoms with Crippen LogP contribution in [-0.2, 0) is 10.0 Å². The predicted molar refractivity (Wildman–Crippen MR) is 96.3 cm³/mol. The van der Waals surface area contributed by atoms with E-state index in [9.17, 15) is 8.42 Å². The van der Waals surface area contributed by atoms with Gasteiger partial charge in [0.05, 0.1) is 5.02 Å². The van der Waals surface area contributed by atoms with Crippen molar-refractivity contribution in [2.45, 2.75) is 23.4 Å². The molecule has 0 unspecified atom stereocenters. The molecule has 126 valence electrons. The Morgan fingerprint density at radius 3 is 2.25 bits per heavy atom. The second-order valence-corrected chi connectivity index (χ2v) is 8.88. The predicted octanol–water partition coefficient (Wildman–Crippen LogP) is 3.65. The van der Waals surface area contributed by atoms with Gasteiger partial charge in [0.25, 0.3) is 0 Å². The molecule has 0 N–H and O–H groups in total. The van der Waals surface area contributed by atoms with E-state index in [0.717, 1.165) is 12.1 Å². The third-order valence-electron chi connectivity index (χ3n) is 4.77. The fourth-order valence-electron chi connectivity index (χ4n) is 3.65. The number of halogens is 2. The molecule has 2 aliphatic heterocycles. The number of sulfonamides is 1. The fourth-order valence-corrected chi connectivity index (χ4v) is 5.94. The minimum absolute atomic E-state index is 0.0213. The third-order valence-corrected chi connectivity index (χ3v) is 7.44. The molecule has 2 aromatic rings. The molecule has 0 saturated carbocycles. The highest BCUT2D eigenvalue weighted by Crippen LogP contribution is 2.38. The number of hydrogen-bond donors (Lipinski definition) is 0. The zero-order valence-electron chi connectivity index (χ0n) is 12.8. The standard InChI is InChI=1S/C17H16Cl2N2O2S/c18-12-5-7-13(8-6-12)20-10-15-9-14(20)11-21(15)24(22,23)17-4-2-1-3-16(17)19/h1-8,14-15H,9-11H2/t14-,15+/m0/s1. The largest absolute Gasteiger partial charge is 0.366 e. The van der Waals surface area contributed by atoms with Gasteiger partial charge in [-0.25, -0.2) is 8.42 Å². The Kier molecular flexibility index (Phi) is 4.00. The highest BCUT2D eigenvalue weighted by molar-refractivity contribution is 7.89. The van der Waals surface area contributed by atoms with Crippen LogP contribution in [0.4, 0.5) is 5.69 Å². The van der Waals surface area contributed by atoms with Crippen molar-refractivity contribution in [1.29, 1.82) is 0 Å². The SMILES string of the molecule is O=S(=O)(c1ccccc1Cl)N1C[C@@H]2C[C@@H]1CN2c1ccc(Cl)cc1. The molecule has 2 heterocycles. The molecular formula is C17H16Cl2N2O2S. The summed E-state index contributed by atoms with van der Waals surface area (Å²) in [7, 11) is -3.56. The number of fused-ring (bicyclic) bond motifs is 2. The Bertz CT molecular complexity index is 870. The fraction of sp³-hybridized carbons (Fsp3) is 0.294. The maximum absolute atomic E-state index is 12.9. The number of benzene rings is 2. The molecule has 0 aromatic heterocycles. The molecule has 2 fully saturated rings. The molecule has 2 aromatic carbocycles. The summed E-state index contributed by atoms with van der Waals surface area (Å²) in [6.07, 6.45) is 0.840. The van der Waals surface area contributed by atoms with Gasteiger partial charge in [-0.1, -0.05) is 35.3 Å². The lowest BCUT2D eigenvalue weighted by atomic mass is 10.2. The van der Waals surface area contributed by atoms with Gasteiger partial charge in [0.2, 0.25) is 10.0 Å². The van der Waals surface area contributed by atoms with Gasteiger partial charge >= 0.3 is 0 Å². The van der Waals surface area contributed by atoms with Gasteiger partial charge in [0, 0.05) is 35.9 Å². The van der Waals surface area contributed by atoms with Crippen LogP contribution >= 0.6 is 23.2 Å². The molecule has 2 aliphatic rings. The van der Waals surface area contributed by atoms with Crippen molar-refractivity contribution < 1.29 is 8.42 Å². The first-order valence-corrected chi connectivity index (χ1v) is 9.95. The Hall–Kier alpha value is -1.27. The second-order valence-electron chi connectivity index (χ2n) is 6.18. The summed E-state index contributed by atoms with van der Waals surface area (Å²) in [5.74, 6) is 0. The number of anilines is 1. The number of rotatable bonds is 3. The number of hydrogen-bond acceptors (Lipinski definition) is 3. The lowest BCUT2D eigenvalue weighted by molar-refractivity contribution is 0.368. The summed E-state index contributed by atoms with van der Waals surface area (Å²) in [5, 5.41) is 0.973. The summed E-state index contributed by atoms with van der Waals surface area (Å²) in [6, 6.07) is 14.5. The van der Waals surface area contributed by atoms with E-state index in [1.165, 1.54) is 0 Å². The van der Waals surface area contributed by atoms with Gasteiger partial charge in [-0.05, 0) is 42.8 Å². The average molecular weight is 383 g/mol. The summed E-state index contributed by atoms with van der Waals surface area (Å²) < 4.78 is 27.5. The summed E-state index contributed by atoms with van der Waals surface area (Å²) in [4.78, 5) is 2.46. The minimum Gasteiger partial charge on any atom is -0.366 e. The second kappa shape index (κ2) is 5.92. The van der Waals surface area contributed by atoms with Gasteiger partial charge in [-0.3, -0.25) is 0 Å². The van der Waals surface area contributed by atoms with E-state index in [2.05, 4.69) is 4.90 Å². The summed E-state index contributed by atoms with van der Waals surface area (Å²) in [5.41, 5.74) is 1.08. The minimum atomic E-state index is -3.56. The van der Waals surface area contributed by atoms with E-state index in [0.29, 0.717) is 18.1 Å². The molecule has 4 nitrogen and oxygen atoms in total. The van der Waals surface area contributed by atoms with Crippen LogP contribution in [0.5, 0.6) is 0 Å². The molecule has 24 heavy (non-hydrogen) atoms. The van der Waals surface area contributed by atoms with Gasteiger partial charge in [0.1, 0.15) is 4.90 Å². The van der Waals surface area contributed by atoms with E-state index in [4.69, 9.17) is 23.2 Å². The van der Waals surface area contributed by atoms with Gasteiger partial charge in [-0.2, -0.15) is 4.31 Å². The lowest BCUT2D eigenvalue weighted by Crippen LogP contribution is -2.48. The van der Waals surface area contributed by atoms with Crippen molar-refractivity contribution in [1.82, 2.24) is 4.31 Å². The lowest BCUT2D eigenvalue weighted by Gasteiger charge is -2.35. The maximum Gasteiger partial charge on any atom is 0.244 e. The molecule has 2 saturated heterocycles.